The smallest absolute Gasteiger partial charge is 0.0587 e. The van der Waals surface area contributed by atoms with Crippen molar-refractivity contribution in [1.82, 2.24) is 10.2 Å². The molecular weight excluding hydrogens is 200 g/mol. The summed E-state index contributed by atoms with van der Waals surface area (Å²) in [5, 5.41) is 3.58. The van der Waals surface area contributed by atoms with Crippen molar-refractivity contribution in [1.29, 1.82) is 0 Å². The summed E-state index contributed by atoms with van der Waals surface area (Å²) in [7, 11) is 2.28. The molecule has 0 radical (unpaired) electrons. The van der Waals surface area contributed by atoms with E-state index in [9.17, 15) is 0 Å². The molecule has 0 aromatic heterocycles. The lowest BCUT2D eigenvalue weighted by molar-refractivity contribution is -0.0242. The molecule has 94 valence electrons. The monoisotopic (exact) mass is 226 g/mol. The molecule has 2 rings (SSSR count). The van der Waals surface area contributed by atoms with E-state index >= 15 is 0 Å². The Morgan fingerprint density at radius 1 is 1.38 bits per heavy atom. The van der Waals surface area contributed by atoms with Gasteiger partial charge in [-0.25, -0.2) is 0 Å². The van der Waals surface area contributed by atoms with Gasteiger partial charge in [0.25, 0.3) is 0 Å². The summed E-state index contributed by atoms with van der Waals surface area (Å²) in [4.78, 5) is 2.55. The Kier molecular flexibility index (Phi) is 4.62. The number of ether oxygens (including phenoxy) is 1. The second kappa shape index (κ2) is 5.99. The highest BCUT2D eigenvalue weighted by Gasteiger charge is 2.26. The summed E-state index contributed by atoms with van der Waals surface area (Å²) in [6, 6.07) is 1.47. The predicted octanol–water partition coefficient (Wildman–Crippen LogP) is 1.63. The van der Waals surface area contributed by atoms with E-state index in [2.05, 4.69) is 24.2 Å². The molecule has 0 aliphatic carbocycles. The third-order valence-corrected chi connectivity index (χ3v) is 4.09. The van der Waals surface area contributed by atoms with Gasteiger partial charge in [0, 0.05) is 25.2 Å². The van der Waals surface area contributed by atoms with Crippen molar-refractivity contribution in [2.75, 3.05) is 26.7 Å². The number of likely N-dealkylation sites (N-methyl/N-ethyl adjacent to an activating group) is 1. The fourth-order valence-corrected chi connectivity index (χ4v) is 2.95. The predicted molar refractivity (Wildman–Crippen MR) is 66.7 cm³/mol. The minimum Gasteiger partial charge on any atom is -0.378 e. The number of rotatable bonds is 4. The molecule has 0 saturated carbocycles. The van der Waals surface area contributed by atoms with Gasteiger partial charge >= 0.3 is 0 Å². The average Bonchev–Trinajstić information content (AvgIpc) is 2.82. The van der Waals surface area contributed by atoms with Crippen molar-refractivity contribution < 1.29 is 4.74 Å². The fraction of sp³-hybridized carbons (Fsp3) is 1.00. The van der Waals surface area contributed by atoms with Crippen molar-refractivity contribution in [3.05, 3.63) is 0 Å². The van der Waals surface area contributed by atoms with Gasteiger partial charge in [0.05, 0.1) is 6.10 Å². The van der Waals surface area contributed by atoms with Gasteiger partial charge in [0.1, 0.15) is 0 Å². The van der Waals surface area contributed by atoms with Crippen LogP contribution in [0.4, 0.5) is 0 Å². The second-order valence-corrected chi connectivity index (χ2v) is 5.31. The van der Waals surface area contributed by atoms with Crippen LogP contribution in [0, 0.1) is 0 Å². The normalized spacial score (nSPS) is 35.8. The largest absolute Gasteiger partial charge is 0.378 e. The van der Waals surface area contributed by atoms with E-state index in [0.29, 0.717) is 6.10 Å². The summed E-state index contributed by atoms with van der Waals surface area (Å²) in [6.45, 7) is 5.60. The third kappa shape index (κ3) is 3.19. The van der Waals surface area contributed by atoms with E-state index in [4.69, 9.17) is 4.74 Å². The lowest BCUT2D eigenvalue weighted by Gasteiger charge is -2.36. The molecule has 0 amide bonds. The van der Waals surface area contributed by atoms with Crippen molar-refractivity contribution in [3.63, 3.8) is 0 Å². The van der Waals surface area contributed by atoms with Gasteiger partial charge in [-0.1, -0.05) is 6.92 Å². The minimum atomic E-state index is 0.498. The van der Waals surface area contributed by atoms with Gasteiger partial charge in [0.15, 0.2) is 0 Å². The molecule has 0 aromatic carbocycles. The Hall–Kier alpha value is -0.120. The van der Waals surface area contributed by atoms with Gasteiger partial charge in [-0.2, -0.15) is 0 Å². The standard InChI is InChI=1S/C13H26N2O/c1-3-13-9-12(6-8-16-13)15(2)10-11-5-4-7-14-11/h11-14H,3-10H2,1-2H3. The van der Waals surface area contributed by atoms with Crippen LogP contribution < -0.4 is 5.32 Å². The van der Waals surface area contributed by atoms with Crippen LogP contribution in [0.1, 0.15) is 39.0 Å². The molecule has 2 saturated heterocycles. The molecular formula is C13H26N2O. The van der Waals surface area contributed by atoms with Gasteiger partial charge < -0.3 is 15.0 Å². The maximum absolute atomic E-state index is 5.74. The highest BCUT2D eigenvalue weighted by Crippen LogP contribution is 2.21. The van der Waals surface area contributed by atoms with Gasteiger partial charge in [-0.3, -0.25) is 0 Å². The first-order valence-corrected chi connectivity index (χ1v) is 6.84. The number of hydrogen-bond donors (Lipinski definition) is 1. The summed E-state index contributed by atoms with van der Waals surface area (Å²) in [6.07, 6.45) is 6.79. The van der Waals surface area contributed by atoms with Gasteiger partial charge in [-0.05, 0) is 45.7 Å². The molecule has 0 aromatic rings. The molecule has 16 heavy (non-hydrogen) atoms. The molecule has 2 aliphatic rings. The highest BCUT2D eigenvalue weighted by molar-refractivity contribution is 4.82. The zero-order valence-electron chi connectivity index (χ0n) is 10.7. The van der Waals surface area contributed by atoms with E-state index < -0.39 is 0 Å². The van der Waals surface area contributed by atoms with E-state index in [-0.39, 0.29) is 0 Å². The van der Waals surface area contributed by atoms with Crippen molar-refractivity contribution in [2.24, 2.45) is 0 Å². The Morgan fingerprint density at radius 3 is 2.94 bits per heavy atom. The van der Waals surface area contributed by atoms with Crippen LogP contribution >= 0.6 is 0 Å². The fourth-order valence-electron chi connectivity index (χ4n) is 2.95. The molecule has 0 bridgehead atoms. The van der Waals surface area contributed by atoms with Crippen LogP contribution in [0.3, 0.4) is 0 Å². The third-order valence-electron chi connectivity index (χ3n) is 4.09. The Bertz CT molecular complexity index is 204. The maximum atomic E-state index is 5.74. The number of hydrogen-bond acceptors (Lipinski definition) is 3. The Balaban J connectivity index is 1.76. The first-order chi connectivity index (χ1) is 7.79. The Labute approximate surface area is 99.5 Å². The van der Waals surface area contributed by atoms with Gasteiger partial charge in [0.2, 0.25) is 0 Å². The van der Waals surface area contributed by atoms with Crippen LogP contribution in [0.5, 0.6) is 0 Å². The van der Waals surface area contributed by atoms with Crippen LogP contribution in [0.2, 0.25) is 0 Å². The zero-order valence-corrected chi connectivity index (χ0v) is 10.7. The summed E-state index contributed by atoms with van der Waals surface area (Å²) in [5.41, 5.74) is 0. The summed E-state index contributed by atoms with van der Waals surface area (Å²) < 4.78 is 5.74. The van der Waals surface area contributed by atoms with Gasteiger partial charge in [-0.15, -0.1) is 0 Å². The number of nitrogens with one attached hydrogen (secondary N) is 1. The molecule has 3 heteroatoms. The van der Waals surface area contributed by atoms with E-state index in [1.165, 1.54) is 38.8 Å². The molecule has 2 aliphatic heterocycles. The van der Waals surface area contributed by atoms with Crippen LogP contribution in [0.25, 0.3) is 0 Å². The van der Waals surface area contributed by atoms with E-state index in [1.807, 2.05) is 0 Å². The van der Waals surface area contributed by atoms with Crippen molar-refractivity contribution in [3.8, 4) is 0 Å². The lowest BCUT2D eigenvalue weighted by atomic mass is 10.00. The first-order valence-electron chi connectivity index (χ1n) is 6.84. The topological polar surface area (TPSA) is 24.5 Å². The highest BCUT2D eigenvalue weighted by atomic mass is 16.5. The van der Waals surface area contributed by atoms with Crippen LogP contribution in [0.15, 0.2) is 0 Å². The molecule has 2 fully saturated rings. The van der Waals surface area contributed by atoms with Crippen LogP contribution in [-0.4, -0.2) is 49.8 Å². The lowest BCUT2D eigenvalue weighted by Crippen LogP contribution is -2.45. The van der Waals surface area contributed by atoms with E-state index in [1.54, 1.807) is 0 Å². The quantitative estimate of drug-likeness (QED) is 0.788. The molecule has 1 N–H and O–H groups in total. The summed E-state index contributed by atoms with van der Waals surface area (Å²) >= 11 is 0. The molecule has 2 heterocycles. The Morgan fingerprint density at radius 2 is 2.25 bits per heavy atom. The second-order valence-electron chi connectivity index (χ2n) is 5.31. The van der Waals surface area contributed by atoms with Crippen LogP contribution in [-0.2, 0) is 4.74 Å². The maximum Gasteiger partial charge on any atom is 0.0587 e. The molecule has 0 spiro atoms. The van der Waals surface area contributed by atoms with Crippen molar-refractivity contribution >= 4 is 0 Å². The SMILES string of the molecule is CCC1CC(N(C)CC2CCCN2)CCO1. The average molecular weight is 226 g/mol. The zero-order chi connectivity index (χ0) is 11.4. The van der Waals surface area contributed by atoms with Crippen molar-refractivity contribution in [2.45, 2.75) is 57.2 Å². The van der Waals surface area contributed by atoms with E-state index in [0.717, 1.165) is 25.1 Å². The first kappa shape index (κ1) is 12.3. The summed E-state index contributed by atoms with van der Waals surface area (Å²) in [5.74, 6) is 0. The number of nitrogens with zero attached hydrogens (tertiary/aromatic N) is 1. The molecule has 3 atom stereocenters. The molecule has 3 nitrogen and oxygen atoms in total. The molecule has 3 unspecified atom stereocenters. The minimum absolute atomic E-state index is 0.498.